The van der Waals surface area contributed by atoms with E-state index in [-0.39, 0.29) is 23.8 Å². The Kier molecular flexibility index (Phi) is 4.88. The van der Waals surface area contributed by atoms with Gasteiger partial charge in [-0.15, -0.1) is 0 Å². The van der Waals surface area contributed by atoms with E-state index in [1.807, 2.05) is 0 Å². The lowest BCUT2D eigenvalue weighted by molar-refractivity contribution is -0.140. The largest absolute Gasteiger partial charge is 0.469 e. The molecule has 0 heterocycles. The van der Waals surface area contributed by atoms with Crippen molar-refractivity contribution in [3.8, 4) is 0 Å². The molecule has 1 N–H and O–H groups in total. The molecule has 0 atom stereocenters. The van der Waals surface area contributed by atoms with Crippen LogP contribution in [0.15, 0.2) is 0 Å². The average molecular weight is 306 g/mol. The summed E-state index contributed by atoms with van der Waals surface area (Å²) in [5.41, 5.74) is 0.278. The predicted octanol–water partition coefficient (Wildman–Crippen LogP) is 0.998. The minimum atomic E-state index is -3.54. The van der Waals surface area contributed by atoms with Crippen molar-refractivity contribution in [3.63, 3.8) is 0 Å². The fourth-order valence-corrected chi connectivity index (χ4v) is 3.54. The van der Waals surface area contributed by atoms with Crippen molar-refractivity contribution in [2.75, 3.05) is 27.2 Å². The van der Waals surface area contributed by atoms with Crippen LogP contribution in [-0.2, 0) is 19.7 Å². The van der Waals surface area contributed by atoms with Gasteiger partial charge in [-0.25, -0.2) is 4.72 Å². The van der Waals surface area contributed by atoms with Gasteiger partial charge in [0, 0.05) is 20.1 Å². The van der Waals surface area contributed by atoms with Gasteiger partial charge < -0.3 is 4.74 Å². The summed E-state index contributed by atoms with van der Waals surface area (Å²) in [6.45, 7) is 9.12. The fourth-order valence-electron chi connectivity index (χ4n) is 2.61. The maximum absolute atomic E-state index is 12.0. The number of nitrogens with one attached hydrogen (secondary N) is 1. The number of ether oxygens (including phenoxy) is 1. The highest BCUT2D eigenvalue weighted by atomic mass is 32.2. The Morgan fingerprint density at radius 1 is 1.25 bits per heavy atom. The summed E-state index contributed by atoms with van der Waals surface area (Å²) in [6, 6.07) is 0. The second-order valence-electron chi connectivity index (χ2n) is 6.50. The Balaban J connectivity index is 2.48. The quantitative estimate of drug-likeness (QED) is 0.712. The van der Waals surface area contributed by atoms with Gasteiger partial charge in [0.2, 0.25) is 0 Å². The van der Waals surface area contributed by atoms with Crippen molar-refractivity contribution in [1.82, 2.24) is 9.03 Å². The summed E-state index contributed by atoms with van der Waals surface area (Å²) in [4.78, 5) is 11.0. The molecule has 7 heteroatoms. The molecule has 1 aliphatic carbocycles. The summed E-state index contributed by atoms with van der Waals surface area (Å²) < 4.78 is 32.4. The van der Waals surface area contributed by atoms with Gasteiger partial charge in [0.15, 0.2) is 0 Å². The van der Waals surface area contributed by atoms with E-state index in [2.05, 4.69) is 37.2 Å². The second kappa shape index (κ2) is 5.61. The molecular formula is C13H26N2O4S. The number of carbonyl (C=O) groups excluding carboxylic acids is 1. The van der Waals surface area contributed by atoms with Crippen molar-refractivity contribution < 1.29 is 17.9 Å². The summed E-state index contributed by atoms with van der Waals surface area (Å²) >= 11 is 0. The van der Waals surface area contributed by atoms with Gasteiger partial charge in [0.05, 0.1) is 13.5 Å². The third-order valence-corrected chi connectivity index (χ3v) is 6.59. The molecule has 0 bridgehead atoms. The zero-order valence-corrected chi connectivity index (χ0v) is 14.0. The van der Waals surface area contributed by atoms with Crippen LogP contribution in [0.4, 0.5) is 0 Å². The molecule has 0 spiro atoms. The Bertz CT molecular complexity index is 457. The van der Waals surface area contributed by atoms with Crippen LogP contribution in [0.5, 0.6) is 0 Å². The van der Waals surface area contributed by atoms with E-state index in [4.69, 9.17) is 0 Å². The molecule has 0 aromatic carbocycles. The van der Waals surface area contributed by atoms with Crippen LogP contribution >= 0.6 is 0 Å². The standard InChI is InChI=1S/C13H26N2O4S/c1-12(2)10(13(12,3)4)9-14-20(17,18)15(5)8-7-11(16)19-6/h10,14H,7-9H2,1-6H3. The van der Waals surface area contributed by atoms with E-state index < -0.39 is 16.2 Å². The van der Waals surface area contributed by atoms with Gasteiger partial charge in [0.1, 0.15) is 0 Å². The molecule has 0 aromatic rings. The fraction of sp³-hybridized carbons (Fsp3) is 0.923. The summed E-state index contributed by atoms with van der Waals surface area (Å²) in [5, 5.41) is 0. The van der Waals surface area contributed by atoms with Crippen LogP contribution in [0, 0.1) is 16.7 Å². The topological polar surface area (TPSA) is 75.7 Å². The number of nitrogens with zero attached hydrogens (tertiary/aromatic N) is 1. The number of hydrogen-bond acceptors (Lipinski definition) is 4. The molecule has 118 valence electrons. The molecule has 0 aliphatic heterocycles. The van der Waals surface area contributed by atoms with E-state index in [0.717, 1.165) is 4.31 Å². The van der Waals surface area contributed by atoms with Gasteiger partial charge in [-0.1, -0.05) is 27.7 Å². The third-order valence-electron chi connectivity index (χ3n) is 5.06. The van der Waals surface area contributed by atoms with Gasteiger partial charge in [-0.3, -0.25) is 4.79 Å². The van der Waals surface area contributed by atoms with Crippen LogP contribution < -0.4 is 4.72 Å². The molecule has 0 radical (unpaired) electrons. The molecular weight excluding hydrogens is 280 g/mol. The number of rotatable bonds is 7. The van der Waals surface area contributed by atoms with E-state index in [1.165, 1.54) is 14.2 Å². The predicted molar refractivity (Wildman–Crippen MR) is 77.2 cm³/mol. The summed E-state index contributed by atoms with van der Waals surface area (Å²) in [7, 11) is -0.807. The zero-order valence-electron chi connectivity index (χ0n) is 13.2. The highest BCUT2D eigenvalue weighted by Crippen LogP contribution is 2.67. The Hall–Kier alpha value is -0.660. The molecule has 20 heavy (non-hydrogen) atoms. The van der Waals surface area contributed by atoms with Crippen LogP contribution in [-0.4, -0.2) is 45.9 Å². The first-order valence-corrected chi connectivity index (χ1v) is 8.18. The Labute approximate surface area is 122 Å². The molecule has 0 saturated heterocycles. The smallest absolute Gasteiger partial charge is 0.306 e. The van der Waals surface area contributed by atoms with Crippen molar-refractivity contribution in [1.29, 1.82) is 0 Å². The highest BCUT2D eigenvalue weighted by Gasteiger charge is 2.64. The number of hydrogen-bond donors (Lipinski definition) is 1. The summed E-state index contributed by atoms with van der Waals surface area (Å²) in [5.74, 6) is -0.102. The molecule has 6 nitrogen and oxygen atoms in total. The zero-order chi connectivity index (χ0) is 15.8. The minimum absolute atomic E-state index is 0.0499. The molecule has 0 aromatic heterocycles. The van der Waals surface area contributed by atoms with Crippen LogP contribution in [0.1, 0.15) is 34.1 Å². The van der Waals surface area contributed by atoms with Crippen molar-refractivity contribution in [2.45, 2.75) is 34.1 Å². The number of esters is 1. The monoisotopic (exact) mass is 306 g/mol. The number of methoxy groups -OCH3 is 1. The number of carbonyl (C=O) groups is 1. The van der Waals surface area contributed by atoms with E-state index in [9.17, 15) is 13.2 Å². The molecule has 0 unspecified atom stereocenters. The second-order valence-corrected chi connectivity index (χ2v) is 8.36. The Morgan fingerprint density at radius 3 is 2.15 bits per heavy atom. The molecule has 1 fully saturated rings. The lowest BCUT2D eigenvalue weighted by atomic mass is 10.0. The maximum atomic E-state index is 12.0. The molecule has 0 amide bonds. The van der Waals surface area contributed by atoms with Crippen LogP contribution in [0.2, 0.25) is 0 Å². The van der Waals surface area contributed by atoms with E-state index in [1.54, 1.807) is 0 Å². The van der Waals surface area contributed by atoms with Crippen LogP contribution in [0.3, 0.4) is 0 Å². The Morgan fingerprint density at radius 2 is 1.75 bits per heavy atom. The lowest BCUT2D eigenvalue weighted by Gasteiger charge is -2.17. The maximum Gasteiger partial charge on any atom is 0.306 e. The molecule has 1 saturated carbocycles. The highest BCUT2D eigenvalue weighted by molar-refractivity contribution is 7.87. The lowest BCUT2D eigenvalue weighted by Crippen LogP contribution is -2.40. The van der Waals surface area contributed by atoms with Crippen LogP contribution in [0.25, 0.3) is 0 Å². The van der Waals surface area contributed by atoms with Gasteiger partial charge in [0.25, 0.3) is 10.2 Å². The van der Waals surface area contributed by atoms with Gasteiger partial charge >= 0.3 is 5.97 Å². The van der Waals surface area contributed by atoms with Crippen molar-refractivity contribution in [3.05, 3.63) is 0 Å². The third kappa shape index (κ3) is 3.32. The van der Waals surface area contributed by atoms with Gasteiger partial charge in [-0.2, -0.15) is 12.7 Å². The first-order valence-electron chi connectivity index (χ1n) is 6.74. The first kappa shape index (κ1) is 17.4. The van der Waals surface area contributed by atoms with Gasteiger partial charge in [-0.05, 0) is 16.7 Å². The summed E-state index contributed by atoms with van der Waals surface area (Å²) in [6.07, 6.45) is 0.0499. The van der Waals surface area contributed by atoms with E-state index >= 15 is 0 Å². The van der Waals surface area contributed by atoms with Crippen molar-refractivity contribution in [2.24, 2.45) is 16.7 Å². The SMILES string of the molecule is COC(=O)CCN(C)S(=O)(=O)NCC1C(C)(C)C1(C)C. The molecule has 1 rings (SSSR count). The normalized spacial score (nSPS) is 20.9. The molecule has 1 aliphatic rings. The van der Waals surface area contributed by atoms with Crippen molar-refractivity contribution >= 4 is 16.2 Å². The first-order chi connectivity index (χ1) is 8.96. The van der Waals surface area contributed by atoms with E-state index in [0.29, 0.717) is 12.5 Å². The average Bonchev–Trinajstić information content (AvgIpc) is 2.73. The minimum Gasteiger partial charge on any atom is -0.469 e.